The van der Waals surface area contributed by atoms with Gasteiger partial charge in [0.1, 0.15) is 5.75 Å². The van der Waals surface area contributed by atoms with Crippen molar-refractivity contribution in [2.75, 3.05) is 13.6 Å². The third-order valence-electron chi connectivity index (χ3n) is 3.09. The van der Waals surface area contributed by atoms with Crippen LogP contribution in [0.1, 0.15) is 32.4 Å². The fourth-order valence-electron chi connectivity index (χ4n) is 1.82. The first kappa shape index (κ1) is 14.5. The van der Waals surface area contributed by atoms with Crippen molar-refractivity contribution in [3.8, 4) is 5.75 Å². The summed E-state index contributed by atoms with van der Waals surface area (Å²) in [6.45, 7) is 6.48. The van der Waals surface area contributed by atoms with Gasteiger partial charge >= 0.3 is 0 Å². The number of carbonyl (C=O) groups is 1. The van der Waals surface area contributed by atoms with Gasteiger partial charge in [0.05, 0.1) is 6.04 Å². The van der Waals surface area contributed by atoms with Crippen LogP contribution in [0.25, 0.3) is 0 Å². The van der Waals surface area contributed by atoms with E-state index in [0.29, 0.717) is 6.54 Å². The lowest BCUT2D eigenvalue weighted by Gasteiger charge is -2.24. The zero-order chi connectivity index (χ0) is 13.7. The Bertz CT molecular complexity index is 407. The van der Waals surface area contributed by atoms with E-state index in [1.165, 1.54) is 0 Å². The number of likely N-dealkylation sites (N-methyl/N-ethyl adjacent to an activating group) is 1. The molecule has 0 radical (unpaired) electrons. The topological polar surface area (TPSA) is 52.6 Å². The number of benzene rings is 1. The van der Waals surface area contributed by atoms with Gasteiger partial charge in [-0.15, -0.1) is 0 Å². The number of carbonyl (C=O) groups excluding carboxylic acids is 1. The number of nitrogens with one attached hydrogen (secondary N) is 1. The van der Waals surface area contributed by atoms with Crippen molar-refractivity contribution in [2.45, 2.75) is 32.9 Å². The highest BCUT2D eigenvalue weighted by Crippen LogP contribution is 2.18. The number of aromatic hydroxyl groups is 1. The van der Waals surface area contributed by atoms with Crippen molar-refractivity contribution in [3.05, 3.63) is 29.8 Å². The molecular weight excluding hydrogens is 228 g/mol. The van der Waals surface area contributed by atoms with Gasteiger partial charge in [0, 0.05) is 19.6 Å². The van der Waals surface area contributed by atoms with E-state index in [2.05, 4.69) is 5.32 Å². The monoisotopic (exact) mass is 250 g/mol. The Morgan fingerprint density at radius 3 is 2.67 bits per heavy atom. The molecule has 100 valence electrons. The van der Waals surface area contributed by atoms with Gasteiger partial charge in [0.2, 0.25) is 5.91 Å². The number of phenolic OH excluding ortho intramolecular Hbond substituents is 1. The summed E-state index contributed by atoms with van der Waals surface area (Å²) in [6, 6.07) is 6.84. The first-order chi connectivity index (χ1) is 8.45. The molecule has 18 heavy (non-hydrogen) atoms. The number of hydrogen-bond acceptors (Lipinski definition) is 3. The number of hydrogen-bond donors (Lipinski definition) is 2. The third kappa shape index (κ3) is 3.74. The molecule has 0 saturated carbocycles. The van der Waals surface area contributed by atoms with Crippen molar-refractivity contribution in [3.63, 3.8) is 0 Å². The molecule has 0 aliphatic rings. The predicted octanol–water partition coefficient (Wildman–Crippen LogP) is 1.91. The average molecular weight is 250 g/mol. The summed E-state index contributed by atoms with van der Waals surface area (Å²) in [5.74, 6) is 0.315. The predicted molar refractivity (Wildman–Crippen MR) is 72.4 cm³/mol. The molecule has 0 aliphatic heterocycles. The van der Waals surface area contributed by atoms with E-state index in [-0.39, 0.29) is 23.7 Å². The standard InChI is InChI=1S/C14H22N2O2/c1-5-16(4)14(18)11(3)15-10(2)12-7-6-8-13(17)9-12/h6-11,15,17H,5H2,1-4H3. The largest absolute Gasteiger partial charge is 0.508 e. The molecule has 2 N–H and O–H groups in total. The van der Waals surface area contributed by atoms with Crippen molar-refractivity contribution in [1.29, 1.82) is 0 Å². The molecule has 0 aromatic heterocycles. The molecule has 0 bridgehead atoms. The Kier molecular flexibility index (Phi) is 5.16. The van der Waals surface area contributed by atoms with Crippen molar-refractivity contribution in [1.82, 2.24) is 10.2 Å². The van der Waals surface area contributed by atoms with Gasteiger partial charge in [-0.05, 0) is 38.5 Å². The number of rotatable bonds is 5. The Labute approximate surface area is 109 Å². The lowest BCUT2D eigenvalue weighted by atomic mass is 10.1. The molecule has 0 fully saturated rings. The normalized spacial score (nSPS) is 14.0. The van der Waals surface area contributed by atoms with Crippen LogP contribution in [0.4, 0.5) is 0 Å². The summed E-state index contributed by atoms with van der Waals surface area (Å²) < 4.78 is 0. The fraction of sp³-hybridized carbons (Fsp3) is 0.500. The van der Waals surface area contributed by atoms with Crippen LogP contribution in [0, 0.1) is 0 Å². The Balaban J connectivity index is 2.64. The summed E-state index contributed by atoms with van der Waals surface area (Å²) in [7, 11) is 1.79. The van der Waals surface area contributed by atoms with Crippen molar-refractivity contribution in [2.24, 2.45) is 0 Å². The van der Waals surface area contributed by atoms with Gasteiger partial charge < -0.3 is 10.0 Å². The third-order valence-corrected chi connectivity index (χ3v) is 3.09. The summed E-state index contributed by atoms with van der Waals surface area (Å²) in [5.41, 5.74) is 0.966. The Hall–Kier alpha value is -1.55. The van der Waals surface area contributed by atoms with Gasteiger partial charge in [-0.2, -0.15) is 0 Å². The lowest BCUT2D eigenvalue weighted by molar-refractivity contribution is -0.131. The highest BCUT2D eigenvalue weighted by molar-refractivity contribution is 5.81. The zero-order valence-electron chi connectivity index (χ0n) is 11.5. The molecule has 4 nitrogen and oxygen atoms in total. The Morgan fingerprint density at radius 1 is 1.44 bits per heavy atom. The zero-order valence-corrected chi connectivity index (χ0v) is 11.5. The minimum Gasteiger partial charge on any atom is -0.508 e. The molecular formula is C14H22N2O2. The van der Waals surface area contributed by atoms with Gasteiger partial charge in [-0.1, -0.05) is 12.1 Å². The number of phenols is 1. The van der Waals surface area contributed by atoms with E-state index in [4.69, 9.17) is 0 Å². The molecule has 1 amide bonds. The molecule has 0 saturated heterocycles. The maximum atomic E-state index is 11.9. The van der Waals surface area contributed by atoms with Gasteiger partial charge in [0.25, 0.3) is 0 Å². The second kappa shape index (κ2) is 6.40. The summed E-state index contributed by atoms with van der Waals surface area (Å²) >= 11 is 0. The van der Waals surface area contributed by atoms with Crippen LogP contribution in [0.2, 0.25) is 0 Å². The fourth-order valence-corrected chi connectivity index (χ4v) is 1.82. The minimum absolute atomic E-state index is 0.0151. The van der Waals surface area contributed by atoms with E-state index < -0.39 is 0 Å². The van der Waals surface area contributed by atoms with E-state index in [9.17, 15) is 9.90 Å². The maximum Gasteiger partial charge on any atom is 0.239 e. The van der Waals surface area contributed by atoms with E-state index in [0.717, 1.165) is 5.56 Å². The van der Waals surface area contributed by atoms with Crippen LogP contribution in [0.5, 0.6) is 5.75 Å². The van der Waals surface area contributed by atoms with Crippen LogP contribution >= 0.6 is 0 Å². The molecule has 0 spiro atoms. The highest BCUT2D eigenvalue weighted by atomic mass is 16.3. The van der Waals surface area contributed by atoms with Crippen LogP contribution in [-0.4, -0.2) is 35.5 Å². The molecule has 4 heteroatoms. The second-order valence-electron chi connectivity index (χ2n) is 4.56. The number of nitrogens with zero attached hydrogens (tertiary/aromatic N) is 1. The summed E-state index contributed by atoms with van der Waals surface area (Å²) in [6.07, 6.45) is 0. The van der Waals surface area contributed by atoms with Crippen LogP contribution in [0.3, 0.4) is 0 Å². The average Bonchev–Trinajstić information content (AvgIpc) is 2.36. The lowest BCUT2D eigenvalue weighted by Crippen LogP contribution is -2.43. The summed E-state index contributed by atoms with van der Waals surface area (Å²) in [4.78, 5) is 13.6. The first-order valence-corrected chi connectivity index (χ1v) is 6.25. The number of amides is 1. The highest BCUT2D eigenvalue weighted by Gasteiger charge is 2.18. The molecule has 2 atom stereocenters. The van der Waals surface area contributed by atoms with Crippen LogP contribution < -0.4 is 5.32 Å². The first-order valence-electron chi connectivity index (χ1n) is 6.25. The van der Waals surface area contributed by atoms with E-state index in [1.54, 1.807) is 30.1 Å². The molecule has 1 aromatic rings. The minimum atomic E-state index is -0.243. The quantitative estimate of drug-likeness (QED) is 0.839. The van der Waals surface area contributed by atoms with Gasteiger partial charge in [-0.3, -0.25) is 10.1 Å². The molecule has 1 rings (SSSR count). The SMILES string of the molecule is CCN(C)C(=O)C(C)NC(C)c1cccc(O)c1. The summed E-state index contributed by atoms with van der Waals surface area (Å²) in [5, 5.41) is 12.7. The second-order valence-corrected chi connectivity index (χ2v) is 4.56. The van der Waals surface area contributed by atoms with Crippen LogP contribution in [-0.2, 0) is 4.79 Å². The molecule has 0 heterocycles. The van der Waals surface area contributed by atoms with Crippen LogP contribution in [0.15, 0.2) is 24.3 Å². The van der Waals surface area contributed by atoms with E-state index >= 15 is 0 Å². The van der Waals surface area contributed by atoms with Crippen molar-refractivity contribution < 1.29 is 9.90 Å². The van der Waals surface area contributed by atoms with Gasteiger partial charge in [-0.25, -0.2) is 0 Å². The molecule has 0 aliphatic carbocycles. The van der Waals surface area contributed by atoms with Gasteiger partial charge in [0.15, 0.2) is 0 Å². The Morgan fingerprint density at radius 2 is 2.11 bits per heavy atom. The van der Waals surface area contributed by atoms with E-state index in [1.807, 2.05) is 26.8 Å². The molecule has 2 unspecified atom stereocenters. The molecule has 1 aromatic carbocycles. The smallest absolute Gasteiger partial charge is 0.239 e. The maximum absolute atomic E-state index is 11.9. The van der Waals surface area contributed by atoms with Crippen molar-refractivity contribution >= 4 is 5.91 Å².